The van der Waals surface area contributed by atoms with Crippen molar-refractivity contribution in [2.45, 2.75) is 79.1 Å². The number of halogens is 8. The molecule has 64 heavy (non-hydrogen) atoms. The van der Waals surface area contributed by atoms with Crippen LogP contribution in [0.2, 0.25) is 40.2 Å². The molecule has 0 radical (unpaired) electrons. The molecule has 0 aliphatic carbocycles. The van der Waals surface area contributed by atoms with Crippen LogP contribution in [0.15, 0.2) is 72.8 Å². The Morgan fingerprint density at radius 2 is 0.672 bits per heavy atom. The van der Waals surface area contributed by atoms with Gasteiger partial charge in [-0.3, -0.25) is 0 Å². The van der Waals surface area contributed by atoms with Gasteiger partial charge in [-0.25, -0.2) is 0 Å². The predicted octanol–water partition coefficient (Wildman–Crippen LogP) is 19.2. The first kappa shape index (κ1) is 47.8. The van der Waals surface area contributed by atoms with Crippen molar-refractivity contribution in [2.75, 3.05) is 26.2 Å². The molecule has 6 aromatic carbocycles. The monoisotopic (exact) mass is 1050 g/mol. The van der Waals surface area contributed by atoms with Gasteiger partial charge in [-0.1, -0.05) is 53.4 Å². The Bertz CT molecular complexity index is 2530. The quantitative estimate of drug-likeness (QED) is 0.0527. The van der Waals surface area contributed by atoms with Crippen molar-refractivity contribution in [3.63, 3.8) is 0 Å². The molecule has 6 aromatic rings. The molecule has 16 heteroatoms. The molecule has 0 saturated carbocycles. The van der Waals surface area contributed by atoms with Crippen molar-refractivity contribution >= 4 is 122 Å². The van der Waals surface area contributed by atoms with Gasteiger partial charge in [-0.05, 0) is 25.7 Å². The Kier molecular flexibility index (Phi) is 13.5. The Morgan fingerprint density at radius 3 is 0.969 bits per heavy atom. The Morgan fingerprint density at radius 1 is 0.375 bits per heavy atom. The molecule has 0 amide bonds. The average molecular weight is 1050 g/mol. The fourth-order valence-corrected chi connectivity index (χ4v) is 14.6. The fourth-order valence-electron chi connectivity index (χ4n) is 8.75. The van der Waals surface area contributed by atoms with Crippen molar-refractivity contribution in [3.05, 3.63) is 113 Å². The first-order valence-corrected chi connectivity index (χ1v) is 26.9. The van der Waals surface area contributed by atoms with Crippen LogP contribution in [0.25, 0.3) is 32.7 Å². The van der Waals surface area contributed by atoms with E-state index in [2.05, 4.69) is 27.7 Å². The zero-order chi connectivity index (χ0) is 45.7. The number of benzene rings is 6. The van der Waals surface area contributed by atoms with Crippen LogP contribution in [0.5, 0.6) is 34.5 Å². The van der Waals surface area contributed by atoms with Gasteiger partial charge in [0.15, 0.2) is 0 Å². The van der Waals surface area contributed by atoms with E-state index in [4.69, 9.17) is 120 Å². The van der Waals surface area contributed by atoms with Crippen LogP contribution in [0, 0.1) is 0 Å². The summed E-state index contributed by atoms with van der Waals surface area (Å²) in [6, 6.07) is 22.6. The molecule has 0 N–H and O–H groups in total. The summed E-state index contributed by atoms with van der Waals surface area (Å²) in [6.45, 7) is 15.0. The van der Waals surface area contributed by atoms with Gasteiger partial charge < -0.3 is 4.48 Å². The summed E-state index contributed by atoms with van der Waals surface area (Å²) in [4.78, 5) is 0. The van der Waals surface area contributed by atoms with E-state index >= 15 is 0 Å². The zero-order valence-corrected chi connectivity index (χ0v) is 42.7. The first-order chi connectivity index (χ1) is 30.6. The van der Waals surface area contributed by atoms with Gasteiger partial charge >= 0.3 is 307 Å². The van der Waals surface area contributed by atoms with Crippen molar-refractivity contribution < 1.29 is 31.6 Å². The molecule has 0 aromatic heterocycles. The van der Waals surface area contributed by atoms with Crippen LogP contribution in [-0.2, 0) is 0 Å². The number of rotatable bonds is 12. The number of hydrogen-bond donors (Lipinski definition) is 0. The molecule has 1 spiro atoms. The Labute approximate surface area is 414 Å². The molecule has 0 fully saturated rings. The Balaban J connectivity index is 0.000000282. The first-order valence-electron chi connectivity index (χ1n) is 21.7. The second-order valence-electron chi connectivity index (χ2n) is 16.5. The molecule has 7 nitrogen and oxygen atoms in total. The molecular weight excluding hydrogens is 1000 g/mol. The van der Waals surface area contributed by atoms with Gasteiger partial charge in [0.25, 0.3) is 0 Å². The van der Waals surface area contributed by atoms with Gasteiger partial charge in [0.1, 0.15) is 0 Å². The van der Waals surface area contributed by atoms with E-state index in [0.717, 1.165) is 21.5 Å². The minimum absolute atomic E-state index is 0.137. The zero-order valence-electron chi connectivity index (χ0n) is 35.8. The predicted molar refractivity (Wildman–Crippen MR) is 270 cm³/mol. The summed E-state index contributed by atoms with van der Waals surface area (Å²) >= 11 is 52.8. The van der Waals surface area contributed by atoms with E-state index < -0.39 is 7.31 Å². The van der Waals surface area contributed by atoms with Gasteiger partial charge in [-0.15, -0.1) is 0 Å². The van der Waals surface area contributed by atoms with Crippen LogP contribution in [0.3, 0.4) is 0 Å². The van der Waals surface area contributed by atoms with E-state index in [-0.39, 0.29) is 74.7 Å². The molecule has 0 unspecified atom stereocenters. The number of nitrogens with zero attached hydrogens (tertiary/aromatic N) is 1. The van der Waals surface area contributed by atoms with Crippen LogP contribution >= 0.6 is 100 Å². The van der Waals surface area contributed by atoms with E-state index in [9.17, 15) is 0 Å². The maximum atomic E-state index is 6.94. The third kappa shape index (κ3) is 7.96. The molecule has 342 valence electrons. The van der Waals surface area contributed by atoms with Gasteiger partial charge in [0, 0.05) is 0 Å². The molecule has 0 atom stereocenters. The molecular formula is C48H48Cl8NO6P. The SMILES string of the molecule is CCCC[N+](CCCC)(CCCC)CCCC.Clc1c(Cl)c(Cl)c2c(c1Cl)O[P-]13(Oc4ccc5ccccc5c4-c4c(ccc5ccccc45)O1)(O2)Oc1c(Cl)c(Cl)c(Cl)c(Cl)c1O3. The van der Waals surface area contributed by atoms with Crippen molar-refractivity contribution in [3.8, 4) is 45.6 Å². The summed E-state index contributed by atoms with van der Waals surface area (Å²) in [7, 11) is -6.93. The van der Waals surface area contributed by atoms with E-state index in [1.807, 2.05) is 60.7 Å². The second kappa shape index (κ2) is 18.1. The summed E-state index contributed by atoms with van der Waals surface area (Å²) in [5.74, 6) is -0.639. The number of unbranched alkanes of at least 4 members (excludes halogenated alkanes) is 4. The third-order valence-corrected chi connectivity index (χ3v) is 18.9. The Hall–Kier alpha value is -2.65. The van der Waals surface area contributed by atoms with Crippen molar-refractivity contribution in [1.82, 2.24) is 0 Å². The second-order valence-corrected chi connectivity index (χ2v) is 22.8. The molecule has 0 bridgehead atoms. The number of fused-ring (bicyclic) bond motifs is 9. The van der Waals surface area contributed by atoms with Crippen LogP contribution in [0.1, 0.15) is 79.1 Å². The number of hydrogen-bond acceptors (Lipinski definition) is 6. The van der Waals surface area contributed by atoms with Gasteiger partial charge in [0.2, 0.25) is 0 Å². The molecule has 3 aliphatic heterocycles. The third-order valence-electron chi connectivity index (χ3n) is 12.0. The summed E-state index contributed by atoms with van der Waals surface area (Å²) < 4.78 is 42.0. The van der Waals surface area contributed by atoms with E-state index in [0.29, 0.717) is 11.1 Å². The van der Waals surface area contributed by atoms with Crippen molar-refractivity contribution in [2.24, 2.45) is 0 Å². The van der Waals surface area contributed by atoms with Crippen LogP contribution < -0.4 is 27.1 Å². The average Bonchev–Trinajstić information content (AvgIpc) is 3.75. The standard InChI is InChI=1S/C32H12Cl8O6P.C16H36N/c33-21-22(34)26(38)30-29(25(21)37)43-47(44-30,45-31-27(39)23(35)24(36)28(40)32(31)46-47)41-17-11-9-13-5-1-3-7-15(13)19(17)20-16-8-4-2-6-14(16)10-12-18(20)42-47;1-5-9-13-17(14-10-6-2,15-11-7-3)16-12-8-4/h1-12H;5-16H2,1-4H3/q-1;+1. The van der Waals surface area contributed by atoms with Crippen LogP contribution in [-0.4, -0.2) is 30.7 Å². The molecule has 9 rings (SSSR count). The van der Waals surface area contributed by atoms with Crippen LogP contribution in [0.4, 0.5) is 0 Å². The number of quaternary nitrogens is 1. The summed E-state index contributed by atoms with van der Waals surface area (Å²) in [5, 5.41) is 2.08. The maximum absolute atomic E-state index is 6.94. The summed E-state index contributed by atoms with van der Waals surface area (Å²) in [6.07, 6.45) is 11.1. The molecule has 0 saturated heterocycles. The van der Waals surface area contributed by atoms with Crippen molar-refractivity contribution in [1.29, 1.82) is 0 Å². The molecule has 3 aliphatic rings. The minimum atomic E-state index is -6.93. The summed E-state index contributed by atoms with van der Waals surface area (Å²) in [5.41, 5.74) is 1.22. The van der Waals surface area contributed by atoms with Gasteiger partial charge in [-0.2, -0.15) is 0 Å². The van der Waals surface area contributed by atoms with Gasteiger partial charge in [0.05, 0.1) is 26.2 Å². The normalized spacial score (nSPS) is 16.7. The topological polar surface area (TPSA) is 55.4 Å². The van der Waals surface area contributed by atoms with E-state index in [1.54, 1.807) is 12.1 Å². The molecule has 3 heterocycles. The van der Waals surface area contributed by atoms with E-state index in [1.165, 1.54) is 82.0 Å². The fraction of sp³-hybridized carbons (Fsp3) is 0.333.